The number of aryl methyl sites for hydroxylation is 2. The molecular weight excluding hydrogens is 248 g/mol. The van der Waals surface area contributed by atoms with E-state index >= 15 is 0 Å². The lowest BCUT2D eigenvalue weighted by atomic mass is 10.1. The Labute approximate surface area is 109 Å². The van der Waals surface area contributed by atoms with Gasteiger partial charge in [-0.3, -0.25) is 9.89 Å². The number of hydrogen-bond donors (Lipinski definition) is 1. The Hall–Kier alpha value is -2.08. The van der Waals surface area contributed by atoms with Crippen molar-refractivity contribution in [2.45, 2.75) is 13.8 Å². The Balaban J connectivity index is 2.48. The number of nitrogens with zero attached hydrogens (tertiary/aromatic N) is 3. The number of hydrogen-bond acceptors (Lipinski definition) is 4. The minimum Gasteiger partial charge on any atom is -0.265 e. The molecule has 0 fully saturated rings. The normalized spacial score (nSPS) is 11.0. The maximum Gasteiger partial charge on any atom is 0.296 e. The van der Waals surface area contributed by atoms with Crippen LogP contribution in [-0.4, -0.2) is 21.1 Å². The van der Waals surface area contributed by atoms with E-state index in [0.29, 0.717) is 5.69 Å². The van der Waals surface area contributed by atoms with Gasteiger partial charge >= 0.3 is 0 Å². The highest BCUT2D eigenvalue weighted by Gasteiger charge is 2.01. The SMILES string of the molecule is Cc1ccccc1C=Nn1c(=S)[nH]nc(C)c1=O. The van der Waals surface area contributed by atoms with E-state index in [-0.39, 0.29) is 10.3 Å². The van der Waals surface area contributed by atoms with Crippen LogP contribution in [0.15, 0.2) is 34.2 Å². The maximum atomic E-state index is 11.8. The van der Waals surface area contributed by atoms with Crippen LogP contribution in [0.3, 0.4) is 0 Å². The fraction of sp³-hybridized carbons (Fsp3) is 0.167. The average Bonchev–Trinajstić information content (AvgIpc) is 2.36. The van der Waals surface area contributed by atoms with E-state index in [4.69, 9.17) is 12.2 Å². The first kappa shape index (κ1) is 12.4. The van der Waals surface area contributed by atoms with Crippen molar-refractivity contribution in [2.24, 2.45) is 5.10 Å². The van der Waals surface area contributed by atoms with Gasteiger partial charge in [0, 0.05) is 0 Å². The highest BCUT2D eigenvalue weighted by atomic mass is 32.1. The predicted octanol–water partition coefficient (Wildman–Crippen LogP) is 1.80. The summed E-state index contributed by atoms with van der Waals surface area (Å²) in [5, 5.41) is 10.4. The van der Waals surface area contributed by atoms with Crippen molar-refractivity contribution < 1.29 is 0 Å². The zero-order valence-corrected chi connectivity index (χ0v) is 10.9. The van der Waals surface area contributed by atoms with Crippen LogP contribution in [0.5, 0.6) is 0 Å². The molecule has 0 saturated carbocycles. The summed E-state index contributed by atoms with van der Waals surface area (Å²) < 4.78 is 1.31. The van der Waals surface area contributed by atoms with Crippen LogP contribution in [0.2, 0.25) is 0 Å². The van der Waals surface area contributed by atoms with E-state index in [1.807, 2.05) is 31.2 Å². The van der Waals surface area contributed by atoms with Gasteiger partial charge in [-0.25, -0.2) is 0 Å². The second kappa shape index (κ2) is 5.05. The lowest BCUT2D eigenvalue weighted by Gasteiger charge is -2.00. The summed E-state index contributed by atoms with van der Waals surface area (Å²) in [6.07, 6.45) is 1.61. The van der Waals surface area contributed by atoms with Crippen molar-refractivity contribution in [1.29, 1.82) is 0 Å². The quantitative estimate of drug-likeness (QED) is 0.661. The van der Waals surface area contributed by atoms with Crippen molar-refractivity contribution in [3.63, 3.8) is 0 Å². The van der Waals surface area contributed by atoms with E-state index in [9.17, 15) is 4.79 Å². The molecule has 0 aliphatic carbocycles. The molecule has 1 aromatic carbocycles. The molecule has 18 heavy (non-hydrogen) atoms. The zero-order valence-electron chi connectivity index (χ0n) is 10.0. The number of aromatic nitrogens is 3. The highest BCUT2D eigenvalue weighted by molar-refractivity contribution is 7.71. The molecule has 0 bridgehead atoms. The first-order chi connectivity index (χ1) is 8.59. The Morgan fingerprint density at radius 1 is 1.39 bits per heavy atom. The van der Waals surface area contributed by atoms with Crippen LogP contribution in [0.1, 0.15) is 16.8 Å². The van der Waals surface area contributed by atoms with Crippen LogP contribution >= 0.6 is 12.2 Å². The van der Waals surface area contributed by atoms with Gasteiger partial charge in [0.05, 0.1) is 6.21 Å². The summed E-state index contributed by atoms with van der Waals surface area (Å²) in [7, 11) is 0. The van der Waals surface area contributed by atoms with E-state index < -0.39 is 0 Å². The summed E-state index contributed by atoms with van der Waals surface area (Å²) >= 11 is 4.98. The molecule has 1 N–H and O–H groups in total. The summed E-state index contributed by atoms with van der Waals surface area (Å²) in [6.45, 7) is 3.58. The molecule has 2 aromatic rings. The number of nitrogens with one attached hydrogen (secondary N) is 1. The first-order valence-electron chi connectivity index (χ1n) is 5.38. The smallest absolute Gasteiger partial charge is 0.265 e. The van der Waals surface area contributed by atoms with Gasteiger partial charge in [-0.1, -0.05) is 24.3 Å². The van der Waals surface area contributed by atoms with Gasteiger partial charge in [0.1, 0.15) is 5.69 Å². The largest absolute Gasteiger partial charge is 0.296 e. The van der Waals surface area contributed by atoms with Crippen molar-refractivity contribution in [2.75, 3.05) is 0 Å². The summed E-state index contributed by atoms with van der Waals surface area (Å²) in [5.41, 5.74) is 2.03. The molecule has 0 aliphatic rings. The Bertz CT molecular complexity index is 715. The number of H-pyrrole nitrogens is 1. The molecular formula is C12H12N4OS. The molecule has 92 valence electrons. The fourth-order valence-corrected chi connectivity index (χ4v) is 1.60. The number of aromatic amines is 1. The Morgan fingerprint density at radius 2 is 2.11 bits per heavy atom. The monoisotopic (exact) mass is 260 g/mol. The predicted molar refractivity (Wildman–Crippen MR) is 72.6 cm³/mol. The van der Waals surface area contributed by atoms with Crippen LogP contribution in [-0.2, 0) is 0 Å². The molecule has 0 unspecified atom stereocenters. The van der Waals surface area contributed by atoms with Gasteiger partial charge in [0.2, 0.25) is 4.77 Å². The van der Waals surface area contributed by atoms with E-state index in [1.54, 1.807) is 13.1 Å². The minimum absolute atomic E-state index is 0.176. The molecule has 0 atom stereocenters. The molecule has 6 heteroatoms. The summed E-state index contributed by atoms with van der Waals surface area (Å²) in [5.74, 6) is 0. The maximum absolute atomic E-state index is 11.8. The third-order valence-electron chi connectivity index (χ3n) is 2.51. The van der Waals surface area contributed by atoms with Gasteiger partial charge < -0.3 is 0 Å². The first-order valence-corrected chi connectivity index (χ1v) is 5.79. The number of benzene rings is 1. The lowest BCUT2D eigenvalue weighted by molar-refractivity contribution is 0.720. The molecule has 5 nitrogen and oxygen atoms in total. The van der Waals surface area contributed by atoms with Gasteiger partial charge in [-0.05, 0) is 37.2 Å². The van der Waals surface area contributed by atoms with E-state index in [2.05, 4.69) is 15.3 Å². The van der Waals surface area contributed by atoms with Gasteiger partial charge in [0.15, 0.2) is 0 Å². The minimum atomic E-state index is -0.316. The number of rotatable bonds is 2. The topological polar surface area (TPSA) is 63.0 Å². The highest BCUT2D eigenvalue weighted by Crippen LogP contribution is 2.03. The van der Waals surface area contributed by atoms with Gasteiger partial charge in [0.25, 0.3) is 5.56 Å². The van der Waals surface area contributed by atoms with Crippen molar-refractivity contribution in [3.05, 3.63) is 56.2 Å². The Kier molecular flexibility index (Phi) is 3.47. The average molecular weight is 260 g/mol. The van der Waals surface area contributed by atoms with Crippen LogP contribution in [0.4, 0.5) is 0 Å². The van der Waals surface area contributed by atoms with Crippen LogP contribution in [0.25, 0.3) is 0 Å². The second-order valence-corrected chi connectivity index (χ2v) is 4.22. The van der Waals surface area contributed by atoms with Crippen LogP contribution < -0.4 is 5.56 Å². The third-order valence-corrected chi connectivity index (χ3v) is 2.78. The zero-order chi connectivity index (χ0) is 13.1. The molecule has 2 rings (SSSR count). The van der Waals surface area contributed by atoms with E-state index in [1.165, 1.54) is 0 Å². The van der Waals surface area contributed by atoms with Gasteiger partial charge in [-0.15, -0.1) is 0 Å². The molecule has 1 aromatic heterocycles. The fourth-order valence-electron chi connectivity index (χ4n) is 1.43. The third kappa shape index (κ3) is 2.43. The van der Waals surface area contributed by atoms with Crippen molar-refractivity contribution >= 4 is 18.4 Å². The molecule has 0 spiro atoms. The molecule has 0 aliphatic heterocycles. The molecule has 0 radical (unpaired) electrons. The van der Waals surface area contributed by atoms with E-state index in [0.717, 1.165) is 15.8 Å². The van der Waals surface area contributed by atoms with Gasteiger partial charge in [-0.2, -0.15) is 14.9 Å². The molecule has 1 heterocycles. The molecule has 0 saturated heterocycles. The van der Waals surface area contributed by atoms with Crippen molar-refractivity contribution in [1.82, 2.24) is 14.9 Å². The lowest BCUT2D eigenvalue weighted by Crippen LogP contribution is -2.22. The molecule has 0 amide bonds. The second-order valence-electron chi connectivity index (χ2n) is 3.83. The summed E-state index contributed by atoms with van der Waals surface area (Å²) in [4.78, 5) is 11.8. The standard InChI is InChI=1S/C12H12N4OS/c1-8-5-3-4-6-10(8)7-13-16-11(17)9(2)14-15-12(16)18/h3-7H,1-2H3,(H,15,18). The Morgan fingerprint density at radius 3 is 2.83 bits per heavy atom. The van der Waals surface area contributed by atoms with Crippen molar-refractivity contribution in [3.8, 4) is 0 Å². The summed E-state index contributed by atoms with van der Waals surface area (Å²) in [6, 6.07) is 7.75. The van der Waals surface area contributed by atoms with Crippen LogP contribution in [0, 0.1) is 18.6 Å².